The van der Waals surface area contributed by atoms with E-state index in [4.69, 9.17) is 25.8 Å². The van der Waals surface area contributed by atoms with Crippen molar-refractivity contribution >= 4 is 17.5 Å². The Kier molecular flexibility index (Phi) is 5.89. The number of carbonyl (C=O) groups is 1. The van der Waals surface area contributed by atoms with E-state index in [1.54, 1.807) is 24.3 Å². The molecular formula is C20H22ClNO4. The second-order valence-electron chi connectivity index (χ2n) is 6.10. The van der Waals surface area contributed by atoms with Crippen molar-refractivity contribution in [3.8, 4) is 17.2 Å². The molecule has 5 nitrogen and oxygen atoms in total. The number of rotatable bonds is 6. The average molecular weight is 376 g/mol. The van der Waals surface area contributed by atoms with Gasteiger partial charge in [0.05, 0.1) is 6.04 Å². The van der Waals surface area contributed by atoms with Crippen molar-refractivity contribution in [2.24, 2.45) is 0 Å². The molecule has 6 heteroatoms. The fourth-order valence-corrected chi connectivity index (χ4v) is 2.84. The van der Waals surface area contributed by atoms with Gasteiger partial charge in [0.25, 0.3) is 5.91 Å². The van der Waals surface area contributed by atoms with Gasteiger partial charge in [-0.25, -0.2) is 0 Å². The van der Waals surface area contributed by atoms with Crippen LogP contribution in [-0.4, -0.2) is 25.2 Å². The molecule has 1 aliphatic heterocycles. The van der Waals surface area contributed by atoms with E-state index in [-0.39, 0.29) is 11.9 Å². The lowest BCUT2D eigenvalue weighted by atomic mass is 10.1. The number of fused-ring (bicyclic) bond motifs is 1. The van der Waals surface area contributed by atoms with E-state index in [0.717, 1.165) is 11.3 Å². The smallest absolute Gasteiger partial charge is 0.261 e. The van der Waals surface area contributed by atoms with E-state index in [1.807, 2.05) is 32.0 Å². The normalized spacial score (nSPS) is 15.0. The monoisotopic (exact) mass is 375 g/mol. The highest BCUT2D eigenvalue weighted by atomic mass is 35.5. The second kappa shape index (κ2) is 8.32. The fourth-order valence-electron chi connectivity index (χ4n) is 2.72. The zero-order valence-electron chi connectivity index (χ0n) is 14.8. The van der Waals surface area contributed by atoms with Gasteiger partial charge < -0.3 is 19.5 Å². The lowest BCUT2D eigenvalue weighted by molar-refractivity contribution is -0.128. The van der Waals surface area contributed by atoms with Crippen LogP contribution in [0.4, 0.5) is 0 Å². The molecule has 0 saturated heterocycles. The van der Waals surface area contributed by atoms with Crippen LogP contribution in [0, 0.1) is 0 Å². The predicted molar refractivity (Wildman–Crippen MR) is 100 cm³/mol. The molecule has 0 unspecified atom stereocenters. The molecule has 1 aliphatic rings. The van der Waals surface area contributed by atoms with E-state index in [1.165, 1.54) is 0 Å². The van der Waals surface area contributed by atoms with Gasteiger partial charge >= 0.3 is 0 Å². The van der Waals surface area contributed by atoms with Gasteiger partial charge in [0, 0.05) is 5.02 Å². The van der Waals surface area contributed by atoms with Crippen LogP contribution in [0.1, 0.15) is 31.9 Å². The van der Waals surface area contributed by atoms with Gasteiger partial charge in [-0.1, -0.05) is 24.6 Å². The van der Waals surface area contributed by atoms with Crippen molar-refractivity contribution in [1.29, 1.82) is 0 Å². The van der Waals surface area contributed by atoms with Crippen LogP contribution < -0.4 is 19.5 Å². The molecule has 0 saturated carbocycles. The molecule has 0 bridgehead atoms. The molecule has 1 heterocycles. The van der Waals surface area contributed by atoms with Crippen molar-refractivity contribution in [3.63, 3.8) is 0 Å². The molecular weight excluding hydrogens is 354 g/mol. The van der Waals surface area contributed by atoms with Gasteiger partial charge in [-0.05, 0) is 55.3 Å². The van der Waals surface area contributed by atoms with Crippen LogP contribution >= 0.6 is 11.6 Å². The molecule has 1 amide bonds. The minimum atomic E-state index is -0.573. The van der Waals surface area contributed by atoms with Crippen LogP contribution in [0.15, 0.2) is 42.5 Å². The van der Waals surface area contributed by atoms with E-state index in [0.29, 0.717) is 36.2 Å². The molecule has 1 N–H and O–H groups in total. The largest absolute Gasteiger partial charge is 0.486 e. The Labute approximate surface area is 158 Å². The Morgan fingerprint density at radius 3 is 2.54 bits per heavy atom. The van der Waals surface area contributed by atoms with Gasteiger partial charge in [-0.2, -0.15) is 0 Å². The lowest BCUT2D eigenvalue weighted by Crippen LogP contribution is -2.39. The molecule has 0 aromatic heterocycles. The van der Waals surface area contributed by atoms with E-state index in [9.17, 15) is 4.79 Å². The summed E-state index contributed by atoms with van der Waals surface area (Å²) in [6, 6.07) is 12.5. The van der Waals surface area contributed by atoms with Crippen LogP contribution in [0.5, 0.6) is 17.2 Å². The summed E-state index contributed by atoms with van der Waals surface area (Å²) in [5.41, 5.74) is 0.948. The topological polar surface area (TPSA) is 56.8 Å². The van der Waals surface area contributed by atoms with E-state index >= 15 is 0 Å². The van der Waals surface area contributed by atoms with Crippen molar-refractivity contribution < 1.29 is 19.0 Å². The number of hydrogen-bond acceptors (Lipinski definition) is 4. The number of ether oxygens (including phenoxy) is 3. The first kappa shape index (κ1) is 18.4. The lowest BCUT2D eigenvalue weighted by Gasteiger charge is -2.23. The molecule has 0 radical (unpaired) electrons. The Hall–Kier alpha value is -2.40. The molecule has 138 valence electrons. The summed E-state index contributed by atoms with van der Waals surface area (Å²) in [4.78, 5) is 12.6. The third-order valence-corrected chi connectivity index (χ3v) is 4.43. The standard InChI is InChI=1S/C20H22ClNO4/c1-3-17(26-16-7-5-15(21)6-8-16)20(23)22-13(2)14-4-9-18-19(12-14)25-11-10-24-18/h4-9,12-13,17H,3,10-11H2,1-2H3,(H,22,23)/t13-,17+/m1/s1. The van der Waals surface area contributed by atoms with Crippen molar-refractivity contribution in [3.05, 3.63) is 53.1 Å². The highest BCUT2D eigenvalue weighted by Gasteiger charge is 2.22. The molecule has 0 aliphatic carbocycles. The Morgan fingerprint density at radius 1 is 1.15 bits per heavy atom. The minimum absolute atomic E-state index is 0.162. The third kappa shape index (κ3) is 4.41. The third-order valence-electron chi connectivity index (χ3n) is 4.18. The molecule has 2 aromatic rings. The molecule has 0 fully saturated rings. The maximum absolute atomic E-state index is 12.6. The van der Waals surface area contributed by atoms with Crippen molar-refractivity contribution in [2.75, 3.05) is 13.2 Å². The summed E-state index contributed by atoms with van der Waals surface area (Å²) in [7, 11) is 0. The maximum Gasteiger partial charge on any atom is 0.261 e. The molecule has 3 rings (SSSR count). The zero-order valence-corrected chi connectivity index (χ0v) is 15.6. The van der Waals surface area contributed by atoms with Crippen LogP contribution in [-0.2, 0) is 4.79 Å². The van der Waals surface area contributed by atoms with Gasteiger partial charge in [0.1, 0.15) is 19.0 Å². The summed E-state index contributed by atoms with van der Waals surface area (Å²) < 4.78 is 16.9. The van der Waals surface area contributed by atoms with Crippen LogP contribution in [0.2, 0.25) is 5.02 Å². The first-order valence-electron chi connectivity index (χ1n) is 8.69. The highest BCUT2D eigenvalue weighted by molar-refractivity contribution is 6.30. The van der Waals surface area contributed by atoms with E-state index in [2.05, 4.69) is 5.32 Å². The SMILES string of the molecule is CC[C@H](Oc1ccc(Cl)cc1)C(=O)N[C@H](C)c1ccc2c(c1)OCCO2. The van der Waals surface area contributed by atoms with Crippen LogP contribution in [0.25, 0.3) is 0 Å². The Bertz CT molecular complexity index is 763. The molecule has 2 aromatic carbocycles. The summed E-state index contributed by atoms with van der Waals surface area (Å²) in [5, 5.41) is 3.63. The number of hydrogen-bond donors (Lipinski definition) is 1. The van der Waals surface area contributed by atoms with Crippen LogP contribution in [0.3, 0.4) is 0 Å². The predicted octanol–water partition coefficient (Wildman–Crippen LogP) is 4.15. The maximum atomic E-state index is 12.6. The molecule has 26 heavy (non-hydrogen) atoms. The van der Waals surface area contributed by atoms with E-state index < -0.39 is 6.10 Å². The Balaban J connectivity index is 1.64. The van der Waals surface area contributed by atoms with Gasteiger partial charge in [0.2, 0.25) is 0 Å². The first-order chi connectivity index (χ1) is 12.6. The summed E-state index contributed by atoms with van der Waals surface area (Å²) in [6.07, 6.45) is -0.0154. The van der Waals surface area contributed by atoms with Gasteiger partial charge in [-0.3, -0.25) is 4.79 Å². The summed E-state index contributed by atoms with van der Waals surface area (Å²) in [6.45, 7) is 4.93. The van der Waals surface area contributed by atoms with Crippen molar-refractivity contribution in [2.45, 2.75) is 32.4 Å². The quantitative estimate of drug-likeness (QED) is 0.824. The molecule has 2 atom stereocenters. The van der Waals surface area contributed by atoms with Gasteiger partial charge in [0.15, 0.2) is 17.6 Å². The minimum Gasteiger partial charge on any atom is -0.486 e. The van der Waals surface area contributed by atoms with Crippen molar-refractivity contribution in [1.82, 2.24) is 5.32 Å². The highest BCUT2D eigenvalue weighted by Crippen LogP contribution is 2.32. The molecule has 0 spiro atoms. The number of nitrogens with one attached hydrogen (secondary N) is 1. The first-order valence-corrected chi connectivity index (χ1v) is 9.06. The summed E-state index contributed by atoms with van der Waals surface area (Å²) >= 11 is 5.88. The zero-order chi connectivity index (χ0) is 18.5. The fraction of sp³-hybridized carbons (Fsp3) is 0.350. The Morgan fingerprint density at radius 2 is 1.85 bits per heavy atom. The number of halogens is 1. The number of carbonyl (C=O) groups excluding carboxylic acids is 1. The number of amides is 1. The number of benzene rings is 2. The van der Waals surface area contributed by atoms with Gasteiger partial charge in [-0.15, -0.1) is 0 Å². The summed E-state index contributed by atoms with van der Waals surface area (Å²) in [5.74, 6) is 1.89. The second-order valence-corrected chi connectivity index (χ2v) is 6.54. The average Bonchev–Trinajstić information content (AvgIpc) is 2.67.